The number of amides is 1. The van der Waals surface area contributed by atoms with Crippen LogP contribution in [-0.2, 0) is 11.3 Å². The third kappa shape index (κ3) is 5.39. The van der Waals surface area contributed by atoms with Crippen LogP contribution >= 0.6 is 15.9 Å². The molecule has 0 N–H and O–H groups in total. The Labute approximate surface area is 155 Å². The maximum Gasteiger partial charge on any atom is 0.289 e. The van der Waals surface area contributed by atoms with Gasteiger partial charge in [0, 0.05) is 45.1 Å². The van der Waals surface area contributed by atoms with Crippen LogP contribution in [0.1, 0.15) is 22.5 Å². The van der Waals surface area contributed by atoms with Gasteiger partial charge in [0.15, 0.2) is 10.4 Å². The van der Waals surface area contributed by atoms with Gasteiger partial charge in [-0.05, 0) is 52.2 Å². The Balaban J connectivity index is 1.62. The number of aromatic nitrogens is 1. The van der Waals surface area contributed by atoms with Gasteiger partial charge in [-0.25, -0.2) is 0 Å². The lowest BCUT2D eigenvalue weighted by Gasteiger charge is -2.28. The molecule has 3 rings (SSSR count). The molecule has 0 aromatic carbocycles. The summed E-state index contributed by atoms with van der Waals surface area (Å²) in [7, 11) is 0. The first-order valence-corrected chi connectivity index (χ1v) is 9.25. The Bertz CT molecular complexity index is 671. The smallest absolute Gasteiger partial charge is 0.289 e. The lowest BCUT2D eigenvalue weighted by molar-refractivity contribution is 0.0354. The van der Waals surface area contributed by atoms with Gasteiger partial charge in [-0.15, -0.1) is 0 Å². The Morgan fingerprint density at radius 1 is 1.20 bits per heavy atom. The van der Waals surface area contributed by atoms with E-state index in [1.165, 1.54) is 0 Å². The SMILES string of the molecule is O=C(c1ccc(Br)o1)N(CCCN1CCOCC1)Cc1ccncc1. The molecule has 7 heteroatoms. The topological polar surface area (TPSA) is 58.8 Å². The second-order valence-electron chi connectivity index (χ2n) is 5.99. The summed E-state index contributed by atoms with van der Waals surface area (Å²) in [5.41, 5.74) is 1.06. The minimum absolute atomic E-state index is 0.0931. The monoisotopic (exact) mass is 407 g/mol. The van der Waals surface area contributed by atoms with E-state index >= 15 is 0 Å². The van der Waals surface area contributed by atoms with E-state index in [0.29, 0.717) is 23.5 Å². The largest absolute Gasteiger partial charge is 0.444 e. The number of pyridine rings is 1. The molecule has 1 aliphatic rings. The molecule has 25 heavy (non-hydrogen) atoms. The molecule has 1 saturated heterocycles. The highest BCUT2D eigenvalue weighted by atomic mass is 79.9. The van der Waals surface area contributed by atoms with Crippen LogP contribution in [0.15, 0.2) is 45.7 Å². The second kappa shape index (κ2) is 9.12. The third-order valence-corrected chi connectivity index (χ3v) is 4.63. The molecule has 0 spiro atoms. The minimum Gasteiger partial charge on any atom is -0.444 e. The van der Waals surface area contributed by atoms with E-state index in [-0.39, 0.29) is 5.91 Å². The van der Waals surface area contributed by atoms with Gasteiger partial charge < -0.3 is 14.1 Å². The molecule has 2 aromatic heterocycles. The van der Waals surface area contributed by atoms with E-state index in [0.717, 1.165) is 44.8 Å². The van der Waals surface area contributed by atoms with Crippen molar-refractivity contribution in [3.05, 3.63) is 52.7 Å². The van der Waals surface area contributed by atoms with Gasteiger partial charge in [-0.2, -0.15) is 0 Å². The normalized spacial score (nSPS) is 15.2. The molecule has 0 radical (unpaired) electrons. The molecule has 3 heterocycles. The van der Waals surface area contributed by atoms with E-state index in [4.69, 9.17) is 9.15 Å². The molecule has 0 atom stereocenters. The number of nitrogens with zero attached hydrogens (tertiary/aromatic N) is 3. The summed E-state index contributed by atoms with van der Waals surface area (Å²) in [5, 5.41) is 0. The summed E-state index contributed by atoms with van der Waals surface area (Å²) in [4.78, 5) is 21.1. The van der Waals surface area contributed by atoms with Crippen LogP contribution in [0.25, 0.3) is 0 Å². The van der Waals surface area contributed by atoms with Crippen LogP contribution in [0.4, 0.5) is 0 Å². The average molecular weight is 408 g/mol. The van der Waals surface area contributed by atoms with Crippen molar-refractivity contribution in [2.24, 2.45) is 0 Å². The Hall–Kier alpha value is -1.70. The van der Waals surface area contributed by atoms with Crippen molar-refractivity contribution in [3.8, 4) is 0 Å². The molecule has 0 bridgehead atoms. The number of hydrogen-bond acceptors (Lipinski definition) is 5. The Kier molecular flexibility index (Phi) is 6.61. The van der Waals surface area contributed by atoms with Crippen molar-refractivity contribution >= 4 is 21.8 Å². The number of morpholine rings is 1. The summed E-state index contributed by atoms with van der Waals surface area (Å²) in [5.74, 6) is 0.261. The molecular weight excluding hydrogens is 386 g/mol. The van der Waals surface area contributed by atoms with E-state index in [1.807, 2.05) is 17.0 Å². The molecule has 6 nitrogen and oxygen atoms in total. The predicted molar refractivity (Wildman–Crippen MR) is 97.3 cm³/mol. The first-order valence-electron chi connectivity index (χ1n) is 8.46. The van der Waals surface area contributed by atoms with Crippen molar-refractivity contribution in [2.75, 3.05) is 39.4 Å². The fourth-order valence-corrected chi connectivity index (χ4v) is 3.16. The van der Waals surface area contributed by atoms with E-state index < -0.39 is 0 Å². The number of furan rings is 1. The summed E-state index contributed by atoms with van der Waals surface area (Å²) in [6.45, 7) is 5.69. The third-order valence-electron chi connectivity index (χ3n) is 4.20. The second-order valence-corrected chi connectivity index (χ2v) is 6.78. The molecule has 1 aliphatic heterocycles. The minimum atomic E-state index is -0.0931. The van der Waals surface area contributed by atoms with Crippen LogP contribution in [0, 0.1) is 0 Å². The molecule has 134 valence electrons. The number of carbonyl (C=O) groups is 1. The molecule has 0 saturated carbocycles. The lowest BCUT2D eigenvalue weighted by Crippen LogP contribution is -2.39. The van der Waals surface area contributed by atoms with Crippen LogP contribution in [0.5, 0.6) is 0 Å². The van der Waals surface area contributed by atoms with Gasteiger partial charge >= 0.3 is 0 Å². The van der Waals surface area contributed by atoms with Crippen LogP contribution in [-0.4, -0.2) is 60.1 Å². The zero-order chi connectivity index (χ0) is 17.5. The maximum atomic E-state index is 12.8. The first-order chi connectivity index (χ1) is 12.2. The molecule has 0 aliphatic carbocycles. The van der Waals surface area contributed by atoms with Crippen molar-refractivity contribution in [3.63, 3.8) is 0 Å². The molecule has 1 amide bonds. The van der Waals surface area contributed by atoms with Gasteiger partial charge in [-0.3, -0.25) is 14.7 Å². The quantitative estimate of drug-likeness (QED) is 0.705. The number of ether oxygens (including phenoxy) is 1. The predicted octanol–water partition coefficient (Wildman–Crippen LogP) is 2.80. The number of halogens is 1. The van der Waals surface area contributed by atoms with Gasteiger partial charge in [0.2, 0.25) is 0 Å². The highest BCUT2D eigenvalue weighted by Crippen LogP contribution is 2.17. The van der Waals surface area contributed by atoms with Gasteiger partial charge in [-0.1, -0.05) is 0 Å². The Morgan fingerprint density at radius 2 is 1.96 bits per heavy atom. The van der Waals surface area contributed by atoms with Crippen molar-refractivity contribution in [1.29, 1.82) is 0 Å². The van der Waals surface area contributed by atoms with Crippen LogP contribution in [0.3, 0.4) is 0 Å². The molecular formula is C18H22BrN3O3. The first kappa shape index (κ1) is 18.1. The summed E-state index contributed by atoms with van der Waals surface area (Å²) < 4.78 is 11.4. The van der Waals surface area contributed by atoms with E-state index in [2.05, 4.69) is 25.8 Å². The Morgan fingerprint density at radius 3 is 2.64 bits per heavy atom. The highest BCUT2D eigenvalue weighted by molar-refractivity contribution is 9.10. The summed E-state index contributed by atoms with van der Waals surface area (Å²) in [6.07, 6.45) is 4.41. The van der Waals surface area contributed by atoms with Gasteiger partial charge in [0.1, 0.15) is 0 Å². The highest BCUT2D eigenvalue weighted by Gasteiger charge is 2.20. The zero-order valence-corrected chi connectivity index (χ0v) is 15.7. The van der Waals surface area contributed by atoms with E-state index in [9.17, 15) is 4.79 Å². The van der Waals surface area contributed by atoms with Gasteiger partial charge in [0.25, 0.3) is 5.91 Å². The van der Waals surface area contributed by atoms with Crippen molar-refractivity contribution < 1.29 is 13.9 Å². The number of carbonyl (C=O) groups excluding carboxylic acids is 1. The fourth-order valence-electron chi connectivity index (χ4n) is 2.86. The molecule has 2 aromatic rings. The lowest BCUT2D eigenvalue weighted by atomic mass is 10.2. The van der Waals surface area contributed by atoms with Crippen LogP contribution < -0.4 is 0 Å². The zero-order valence-electron chi connectivity index (χ0n) is 14.1. The standard InChI is InChI=1S/C18H22BrN3O3/c19-17-3-2-16(25-17)18(23)22(14-15-4-6-20-7-5-15)9-1-8-21-10-12-24-13-11-21/h2-7H,1,8-14H2. The van der Waals surface area contributed by atoms with Crippen LogP contribution in [0.2, 0.25) is 0 Å². The molecule has 1 fully saturated rings. The molecule has 0 unspecified atom stereocenters. The summed E-state index contributed by atoms with van der Waals surface area (Å²) >= 11 is 3.26. The van der Waals surface area contributed by atoms with Crippen molar-refractivity contribution in [2.45, 2.75) is 13.0 Å². The van der Waals surface area contributed by atoms with E-state index in [1.54, 1.807) is 24.5 Å². The number of rotatable bonds is 7. The van der Waals surface area contributed by atoms with Crippen molar-refractivity contribution in [1.82, 2.24) is 14.8 Å². The average Bonchev–Trinajstić information content (AvgIpc) is 3.08. The van der Waals surface area contributed by atoms with Gasteiger partial charge in [0.05, 0.1) is 13.2 Å². The fraction of sp³-hybridized carbons (Fsp3) is 0.444. The maximum absolute atomic E-state index is 12.8. The summed E-state index contributed by atoms with van der Waals surface area (Å²) in [6, 6.07) is 7.31. The number of hydrogen-bond donors (Lipinski definition) is 0.